The van der Waals surface area contributed by atoms with Crippen molar-refractivity contribution in [2.24, 2.45) is 10.9 Å². The summed E-state index contributed by atoms with van der Waals surface area (Å²) in [6, 6.07) is 0. The molecular formula is C16H28INOS. The van der Waals surface area contributed by atoms with Crippen LogP contribution < -0.4 is 0 Å². The van der Waals surface area contributed by atoms with Crippen LogP contribution in [0.5, 0.6) is 0 Å². The standard InChI is InChI=1S/C16H27NOS.HI/c1-2-12-19-15-17-16(10-6-3-7-11-16)13-8-4-5-9-14(13)18-15;/h13-14H,2-12H2,1H3;1H. The van der Waals surface area contributed by atoms with Gasteiger partial charge in [-0.3, -0.25) is 0 Å². The summed E-state index contributed by atoms with van der Waals surface area (Å²) in [5, 5.41) is 1.02. The molecule has 116 valence electrons. The van der Waals surface area contributed by atoms with Gasteiger partial charge in [-0.2, -0.15) is 0 Å². The zero-order valence-corrected chi connectivity index (χ0v) is 15.8. The number of hydrogen-bond donors (Lipinski definition) is 0. The molecule has 2 unspecified atom stereocenters. The topological polar surface area (TPSA) is 21.6 Å². The van der Waals surface area contributed by atoms with Crippen molar-refractivity contribution in [2.45, 2.75) is 82.8 Å². The van der Waals surface area contributed by atoms with Gasteiger partial charge in [0.2, 0.25) is 5.23 Å². The molecule has 2 nitrogen and oxygen atoms in total. The quantitative estimate of drug-likeness (QED) is 0.570. The van der Waals surface area contributed by atoms with Crippen molar-refractivity contribution >= 4 is 41.0 Å². The molecule has 2 saturated carbocycles. The number of thioether (sulfide) groups is 1. The van der Waals surface area contributed by atoms with E-state index >= 15 is 0 Å². The second-order valence-corrected chi connectivity index (χ2v) is 7.48. The second kappa shape index (κ2) is 7.70. The predicted octanol–water partition coefficient (Wildman–Crippen LogP) is 5.40. The third kappa shape index (κ3) is 3.47. The Morgan fingerprint density at radius 2 is 1.90 bits per heavy atom. The van der Waals surface area contributed by atoms with Gasteiger partial charge in [-0.1, -0.05) is 44.4 Å². The summed E-state index contributed by atoms with van der Waals surface area (Å²) >= 11 is 1.85. The molecule has 4 heteroatoms. The number of aliphatic imine (C=N–C) groups is 1. The van der Waals surface area contributed by atoms with E-state index in [0.29, 0.717) is 12.0 Å². The molecule has 0 aromatic heterocycles. The summed E-state index contributed by atoms with van der Waals surface area (Å²) in [7, 11) is 0. The first-order chi connectivity index (χ1) is 9.34. The molecule has 3 aliphatic rings. The summed E-state index contributed by atoms with van der Waals surface area (Å²) in [6.07, 6.45) is 13.8. The number of ether oxygens (including phenoxy) is 1. The average molecular weight is 409 g/mol. The van der Waals surface area contributed by atoms with E-state index < -0.39 is 0 Å². The summed E-state index contributed by atoms with van der Waals surface area (Å²) < 4.78 is 6.23. The minimum Gasteiger partial charge on any atom is -0.469 e. The maximum Gasteiger partial charge on any atom is 0.246 e. The summed E-state index contributed by atoms with van der Waals surface area (Å²) in [6.45, 7) is 2.23. The average Bonchev–Trinajstić information content (AvgIpc) is 2.46. The smallest absolute Gasteiger partial charge is 0.246 e. The van der Waals surface area contributed by atoms with Gasteiger partial charge in [-0.15, -0.1) is 24.0 Å². The molecule has 20 heavy (non-hydrogen) atoms. The van der Waals surface area contributed by atoms with Crippen LogP contribution in [0.4, 0.5) is 0 Å². The Balaban J connectivity index is 0.00000147. The number of fused-ring (bicyclic) bond motifs is 2. The number of rotatable bonds is 2. The van der Waals surface area contributed by atoms with Crippen molar-refractivity contribution in [1.29, 1.82) is 0 Å². The Hall–Kier alpha value is 0.550. The number of nitrogens with zero attached hydrogens (tertiary/aromatic N) is 1. The number of hydrogen-bond acceptors (Lipinski definition) is 3. The Labute approximate surface area is 144 Å². The van der Waals surface area contributed by atoms with Crippen LogP contribution >= 0.6 is 35.7 Å². The summed E-state index contributed by atoms with van der Waals surface area (Å²) in [4.78, 5) is 5.15. The first kappa shape index (κ1) is 16.9. The molecule has 0 radical (unpaired) electrons. The molecule has 0 bridgehead atoms. The molecule has 2 aliphatic carbocycles. The molecule has 0 N–H and O–H groups in total. The molecule has 1 spiro atoms. The van der Waals surface area contributed by atoms with Crippen LogP contribution in [0.2, 0.25) is 0 Å². The molecular weight excluding hydrogens is 381 g/mol. The van der Waals surface area contributed by atoms with E-state index in [2.05, 4.69) is 6.92 Å². The normalized spacial score (nSPS) is 31.8. The Bertz CT molecular complexity index is 341. The van der Waals surface area contributed by atoms with Crippen LogP contribution in [-0.2, 0) is 4.74 Å². The van der Waals surface area contributed by atoms with Crippen molar-refractivity contribution in [2.75, 3.05) is 5.75 Å². The lowest BCUT2D eigenvalue weighted by Crippen LogP contribution is -2.51. The van der Waals surface area contributed by atoms with Gasteiger partial charge in [0.15, 0.2) is 0 Å². The zero-order valence-electron chi connectivity index (χ0n) is 12.6. The fraction of sp³-hybridized carbons (Fsp3) is 0.938. The maximum atomic E-state index is 6.23. The molecule has 0 aromatic carbocycles. The van der Waals surface area contributed by atoms with Crippen LogP contribution in [0.15, 0.2) is 4.99 Å². The fourth-order valence-corrected chi connectivity index (χ4v) is 4.99. The molecule has 0 aromatic rings. The van der Waals surface area contributed by atoms with Crippen molar-refractivity contribution < 1.29 is 4.74 Å². The first-order valence-corrected chi connectivity index (χ1v) is 9.22. The van der Waals surface area contributed by atoms with E-state index in [1.807, 2.05) is 11.8 Å². The highest BCUT2D eigenvalue weighted by Gasteiger charge is 2.48. The predicted molar refractivity (Wildman–Crippen MR) is 98.2 cm³/mol. The lowest BCUT2D eigenvalue weighted by Gasteiger charge is -2.49. The van der Waals surface area contributed by atoms with Gasteiger partial charge in [0.25, 0.3) is 0 Å². The van der Waals surface area contributed by atoms with E-state index in [9.17, 15) is 0 Å². The van der Waals surface area contributed by atoms with Gasteiger partial charge in [-0.25, -0.2) is 4.99 Å². The van der Waals surface area contributed by atoms with Gasteiger partial charge in [-0.05, 0) is 38.5 Å². The summed E-state index contributed by atoms with van der Waals surface area (Å²) in [5.74, 6) is 1.86. The van der Waals surface area contributed by atoms with Crippen LogP contribution in [0.3, 0.4) is 0 Å². The third-order valence-corrected chi connectivity index (χ3v) is 6.15. The minimum absolute atomic E-state index is 0. The van der Waals surface area contributed by atoms with Gasteiger partial charge in [0.1, 0.15) is 6.10 Å². The van der Waals surface area contributed by atoms with E-state index in [4.69, 9.17) is 9.73 Å². The largest absolute Gasteiger partial charge is 0.469 e. The van der Waals surface area contributed by atoms with Crippen LogP contribution in [0, 0.1) is 5.92 Å². The molecule has 0 saturated heterocycles. The Morgan fingerprint density at radius 1 is 1.15 bits per heavy atom. The molecule has 2 fully saturated rings. The van der Waals surface area contributed by atoms with Crippen molar-refractivity contribution in [3.8, 4) is 0 Å². The maximum absolute atomic E-state index is 6.23. The lowest BCUT2D eigenvalue weighted by atomic mass is 9.66. The van der Waals surface area contributed by atoms with Crippen molar-refractivity contribution in [3.05, 3.63) is 0 Å². The van der Waals surface area contributed by atoms with Crippen LogP contribution in [0.25, 0.3) is 0 Å². The SMILES string of the molecule is CCCSC1=NC2(CCCCC2)C2CCCCC2O1.I. The zero-order chi connectivity index (χ0) is 13.1. The van der Waals surface area contributed by atoms with E-state index in [1.54, 1.807) is 0 Å². The van der Waals surface area contributed by atoms with E-state index in [1.165, 1.54) is 64.2 Å². The Morgan fingerprint density at radius 3 is 2.65 bits per heavy atom. The second-order valence-electron chi connectivity index (χ2n) is 6.44. The fourth-order valence-electron chi connectivity index (χ4n) is 4.18. The monoisotopic (exact) mass is 409 g/mol. The van der Waals surface area contributed by atoms with Gasteiger partial charge >= 0.3 is 0 Å². The molecule has 0 amide bonds. The molecule has 1 heterocycles. The lowest BCUT2D eigenvalue weighted by molar-refractivity contribution is 0.00299. The molecule has 3 rings (SSSR count). The van der Waals surface area contributed by atoms with Gasteiger partial charge < -0.3 is 4.74 Å². The highest BCUT2D eigenvalue weighted by atomic mass is 127. The third-order valence-electron chi connectivity index (χ3n) is 5.11. The van der Waals surface area contributed by atoms with Crippen LogP contribution in [-0.4, -0.2) is 22.6 Å². The molecule has 2 atom stereocenters. The summed E-state index contributed by atoms with van der Waals surface area (Å²) in [5.41, 5.74) is 0.262. The first-order valence-electron chi connectivity index (χ1n) is 8.23. The van der Waals surface area contributed by atoms with Crippen molar-refractivity contribution in [3.63, 3.8) is 0 Å². The van der Waals surface area contributed by atoms with Gasteiger partial charge in [0, 0.05) is 11.7 Å². The van der Waals surface area contributed by atoms with E-state index in [0.717, 1.165) is 11.0 Å². The van der Waals surface area contributed by atoms with Gasteiger partial charge in [0.05, 0.1) is 5.54 Å². The van der Waals surface area contributed by atoms with E-state index in [-0.39, 0.29) is 29.5 Å². The van der Waals surface area contributed by atoms with Crippen molar-refractivity contribution in [1.82, 2.24) is 0 Å². The number of halogens is 1. The highest BCUT2D eigenvalue weighted by molar-refractivity contribution is 14.0. The van der Waals surface area contributed by atoms with Crippen LogP contribution in [0.1, 0.15) is 71.1 Å². The minimum atomic E-state index is 0. The Kier molecular flexibility index (Phi) is 6.51. The molecule has 1 aliphatic heterocycles. The highest BCUT2D eigenvalue weighted by Crippen LogP contribution is 2.48.